The van der Waals surface area contributed by atoms with Crippen molar-refractivity contribution in [3.63, 3.8) is 0 Å². The lowest BCUT2D eigenvalue weighted by Gasteiger charge is -2.21. The average Bonchev–Trinajstić information content (AvgIpc) is 2.24. The number of aryl methyl sites for hydroxylation is 1. The van der Waals surface area contributed by atoms with Gasteiger partial charge in [0.1, 0.15) is 0 Å². The fourth-order valence-corrected chi connectivity index (χ4v) is 1.87. The summed E-state index contributed by atoms with van der Waals surface area (Å²) in [7, 11) is 0. The van der Waals surface area contributed by atoms with Gasteiger partial charge in [0.2, 0.25) is 0 Å². The maximum Gasteiger partial charge on any atom is 0.0480 e. The van der Waals surface area contributed by atoms with Crippen LogP contribution in [-0.4, -0.2) is 12.6 Å². The van der Waals surface area contributed by atoms with Crippen LogP contribution in [0.15, 0.2) is 18.2 Å². The van der Waals surface area contributed by atoms with Crippen molar-refractivity contribution >= 4 is 11.6 Å². The number of benzene rings is 1. The molecule has 16 heavy (non-hydrogen) atoms. The molecular weight excluding hydrogens is 220 g/mol. The van der Waals surface area contributed by atoms with Crippen LogP contribution in [0.5, 0.6) is 0 Å². The summed E-state index contributed by atoms with van der Waals surface area (Å²) in [5.41, 5.74) is 7.97. The molecule has 1 aromatic carbocycles. The summed E-state index contributed by atoms with van der Waals surface area (Å²) < 4.78 is 0. The van der Waals surface area contributed by atoms with Crippen LogP contribution >= 0.6 is 11.6 Å². The van der Waals surface area contributed by atoms with Crippen LogP contribution in [0.2, 0.25) is 5.02 Å². The molecule has 0 amide bonds. The Morgan fingerprint density at radius 2 is 2.06 bits per heavy atom. The minimum Gasteiger partial charge on any atom is -0.329 e. The SMILES string of the molecule is Cc1cccc(CNC(CN)C(C)C)c1Cl. The fourth-order valence-electron chi connectivity index (χ4n) is 1.68. The van der Waals surface area contributed by atoms with E-state index >= 15 is 0 Å². The molecule has 0 radical (unpaired) electrons. The molecule has 0 bridgehead atoms. The van der Waals surface area contributed by atoms with Crippen molar-refractivity contribution in [1.82, 2.24) is 5.32 Å². The molecule has 1 unspecified atom stereocenters. The predicted molar refractivity (Wildman–Crippen MR) is 70.7 cm³/mol. The Morgan fingerprint density at radius 1 is 1.38 bits per heavy atom. The van der Waals surface area contributed by atoms with Crippen LogP contribution in [0.1, 0.15) is 25.0 Å². The van der Waals surface area contributed by atoms with Gasteiger partial charge in [-0.2, -0.15) is 0 Å². The summed E-state index contributed by atoms with van der Waals surface area (Å²) >= 11 is 6.23. The molecule has 0 saturated heterocycles. The van der Waals surface area contributed by atoms with Crippen LogP contribution in [-0.2, 0) is 6.54 Å². The standard InChI is InChI=1S/C13H21ClN2/c1-9(2)12(7-15)16-8-11-6-4-5-10(3)13(11)14/h4-6,9,12,16H,7-8,15H2,1-3H3. The summed E-state index contributed by atoms with van der Waals surface area (Å²) in [5.74, 6) is 0.536. The first-order valence-corrected chi connectivity index (χ1v) is 6.11. The fraction of sp³-hybridized carbons (Fsp3) is 0.538. The molecule has 0 aromatic heterocycles. The summed E-state index contributed by atoms with van der Waals surface area (Å²) in [4.78, 5) is 0. The van der Waals surface area contributed by atoms with E-state index in [4.69, 9.17) is 17.3 Å². The Morgan fingerprint density at radius 3 is 2.62 bits per heavy atom. The minimum absolute atomic E-state index is 0.344. The molecule has 0 spiro atoms. The van der Waals surface area contributed by atoms with Crippen molar-refractivity contribution in [2.75, 3.05) is 6.54 Å². The molecule has 0 saturated carbocycles. The minimum atomic E-state index is 0.344. The molecule has 1 aromatic rings. The third kappa shape index (κ3) is 3.48. The molecule has 3 N–H and O–H groups in total. The van der Waals surface area contributed by atoms with Gasteiger partial charge in [-0.1, -0.05) is 43.6 Å². The van der Waals surface area contributed by atoms with Gasteiger partial charge in [0.25, 0.3) is 0 Å². The number of hydrogen-bond donors (Lipinski definition) is 2. The van der Waals surface area contributed by atoms with Crippen molar-refractivity contribution in [2.24, 2.45) is 11.7 Å². The van der Waals surface area contributed by atoms with Crippen LogP contribution < -0.4 is 11.1 Å². The van der Waals surface area contributed by atoms with E-state index in [0.29, 0.717) is 18.5 Å². The van der Waals surface area contributed by atoms with Crippen LogP contribution in [0.4, 0.5) is 0 Å². The third-order valence-electron chi connectivity index (χ3n) is 2.89. The van der Waals surface area contributed by atoms with Gasteiger partial charge in [0.05, 0.1) is 0 Å². The summed E-state index contributed by atoms with van der Waals surface area (Å²) in [5, 5.41) is 4.30. The monoisotopic (exact) mass is 240 g/mol. The second-order valence-corrected chi connectivity index (χ2v) is 4.89. The van der Waals surface area contributed by atoms with E-state index in [1.807, 2.05) is 19.1 Å². The number of hydrogen-bond acceptors (Lipinski definition) is 2. The van der Waals surface area contributed by atoms with Gasteiger partial charge in [-0.15, -0.1) is 0 Å². The second kappa shape index (κ2) is 6.24. The highest BCUT2D eigenvalue weighted by Crippen LogP contribution is 2.20. The third-order valence-corrected chi connectivity index (χ3v) is 3.43. The van der Waals surface area contributed by atoms with Crippen molar-refractivity contribution < 1.29 is 0 Å². The van der Waals surface area contributed by atoms with Gasteiger partial charge in [0, 0.05) is 24.2 Å². The van der Waals surface area contributed by atoms with Gasteiger partial charge in [0.15, 0.2) is 0 Å². The molecule has 0 heterocycles. The maximum absolute atomic E-state index is 6.23. The van der Waals surface area contributed by atoms with Crippen molar-refractivity contribution in [1.29, 1.82) is 0 Å². The van der Waals surface area contributed by atoms with Crippen molar-refractivity contribution in [2.45, 2.75) is 33.4 Å². The lowest BCUT2D eigenvalue weighted by molar-refractivity contribution is 0.405. The van der Waals surface area contributed by atoms with E-state index in [-0.39, 0.29) is 0 Å². The first-order chi connectivity index (χ1) is 7.56. The summed E-state index contributed by atoms with van der Waals surface area (Å²) in [6.45, 7) is 7.79. The molecule has 0 fully saturated rings. The van der Waals surface area contributed by atoms with Crippen molar-refractivity contribution in [3.05, 3.63) is 34.3 Å². The Balaban J connectivity index is 2.64. The second-order valence-electron chi connectivity index (χ2n) is 4.52. The van der Waals surface area contributed by atoms with Crippen LogP contribution in [0, 0.1) is 12.8 Å². The van der Waals surface area contributed by atoms with Crippen LogP contribution in [0.25, 0.3) is 0 Å². The first kappa shape index (κ1) is 13.5. The smallest absolute Gasteiger partial charge is 0.0480 e. The van der Waals surface area contributed by atoms with E-state index in [1.54, 1.807) is 0 Å². The molecule has 0 aliphatic heterocycles. The summed E-state index contributed by atoms with van der Waals surface area (Å²) in [6.07, 6.45) is 0. The Hall–Kier alpha value is -0.570. The zero-order valence-corrected chi connectivity index (χ0v) is 11.0. The molecule has 0 aliphatic rings. The molecule has 3 heteroatoms. The highest BCUT2D eigenvalue weighted by molar-refractivity contribution is 6.32. The van der Waals surface area contributed by atoms with E-state index in [2.05, 4.69) is 25.2 Å². The van der Waals surface area contributed by atoms with Gasteiger partial charge < -0.3 is 11.1 Å². The highest BCUT2D eigenvalue weighted by Gasteiger charge is 2.11. The zero-order valence-electron chi connectivity index (χ0n) is 10.3. The molecule has 1 rings (SSSR count). The van der Waals surface area contributed by atoms with E-state index in [9.17, 15) is 0 Å². The Labute approximate surface area is 103 Å². The molecular formula is C13H21ClN2. The number of nitrogens with two attached hydrogens (primary N) is 1. The lowest BCUT2D eigenvalue weighted by Crippen LogP contribution is -2.39. The lowest BCUT2D eigenvalue weighted by atomic mass is 10.0. The van der Waals surface area contributed by atoms with Gasteiger partial charge in [-0.3, -0.25) is 0 Å². The van der Waals surface area contributed by atoms with Crippen LogP contribution in [0.3, 0.4) is 0 Å². The van der Waals surface area contributed by atoms with E-state index < -0.39 is 0 Å². The number of halogens is 1. The molecule has 2 nitrogen and oxygen atoms in total. The Kier molecular flexibility index (Phi) is 5.26. The topological polar surface area (TPSA) is 38.0 Å². The van der Waals surface area contributed by atoms with Gasteiger partial charge >= 0.3 is 0 Å². The molecule has 1 atom stereocenters. The summed E-state index contributed by atoms with van der Waals surface area (Å²) in [6, 6.07) is 6.45. The zero-order chi connectivity index (χ0) is 12.1. The van der Waals surface area contributed by atoms with Gasteiger partial charge in [-0.25, -0.2) is 0 Å². The molecule has 90 valence electrons. The first-order valence-electron chi connectivity index (χ1n) is 5.73. The number of rotatable bonds is 5. The van der Waals surface area contributed by atoms with E-state index in [0.717, 1.165) is 22.7 Å². The van der Waals surface area contributed by atoms with Gasteiger partial charge in [-0.05, 0) is 24.0 Å². The average molecular weight is 241 g/mol. The number of nitrogens with one attached hydrogen (secondary N) is 1. The quantitative estimate of drug-likeness (QED) is 0.831. The molecule has 0 aliphatic carbocycles. The normalized spacial score (nSPS) is 13.1. The largest absolute Gasteiger partial charge is 0.329 e. The maximum atomic E-state index is 6.23. The highest BCUT2D eigenvalue weighted by atomic mass is 35.5. The van der Waals surface area contributed by atoms with Crippen molar-refractivity contribution in [3.8, 4) is 0 Å². The predicted octanol–water partition coefficient (Wildman–Crippen LogP) is 2.72. The Bertz CT molecular complexity index is 337. The van der Waals surface area contributed by atoms with E-state index in [1.165, 1.54) is 0 Å².